The minimum atomic E-state index is -3.47. The van der Waals surface area contributed by atoms with Crippen molar-refractivity contribution in [2.24, 2.45) is 11.8 Å². The van der Waals surface area contributed by atoms with Crippen LogP contribution in [0, 0.1) is 18.8 Å². The molecule has 1 N–H and O–H groups in total. The number of piperidine rings is 2. The molecule has 3 rings (SSSR count). The van der Waals surface area contributed by atoms with Gasteiger partial charge in [0.25, 0.3) is 10.2 Å². The van der Waals surface area contributed by atoms with Crippen LogP contribution in [0.1, 0.15) is 51.5 Å². The number of carbonyl (C=O) groups excluding carboxylic acids is 1. The lowest BCUT2D eigenvalue weighted by Crippen LogP contribution is -2.52. The fourth-order valence-electron chi connectivity index (χ4n) is 4.67. The lowest BCUT2D eigenvalue weighted by Gasteiger charge is -2.37. The Morgan fingerprint density at radius 3 is 2.59 bits per heavy atom. The number of hydrogen-bond acceptors (Lipinski definition) is 4. The minimum absolute atomic E-state index is 0.0178. The van der Waals surface area contributed by atoms with Gasteiger partial charge in [0, 0.05) is 51.5 Å². The Kier molecular flexibility index (Phi) is 8.96. The van der Waals surface area contributed by atoms with Crippen LogP contribution in [-0.2, 0) is 15.0 Å². The molecule has 2 heterocycles. The zero-order chi connectivity index (χ0) is 23.1. The minimum Gasteiger partial charge on any atom is -0.372 e. The van der Waals surface area contributed by atoms with E-state index in [4.69, 9.17) is 0 Å². The smallest absolute Gasteiger partial charge is 0.281 e. The van der Waals surface area contributed by atoms with E-state index in [1.165, 1.54) is 15.6 Å². The summed E-state index contributed by atoms with van der Waals surface area (Å²) in [5.74, 6) is 0.299. The van der Waals surface area contributed by atoms with Crippen LogP contribution in [0.4, 0.5) is 5.69 Å². The number of rotatable bonds is 9. The Balaban J connectivity index is 1.46. The molecule has 8 heteroatoms. The van der Waals surface area contributed by atoms with Crippen LogP contribution in [0.5, 0.6) is 0 Å². The van der Waals surface area contributed by atoms with Gasteiger partial charge < -0.3 is 10.2 Å². The monoisotopic (exact) mass is 464 g/mol. The van der Waals surface area contributed by atoms with Gasteiger partial charge in [-0.15, -0.1) is 0 Å². The number of anilines is 1. The Morgan fingerprint density at radius 2 is 1.91 bits per heavy atom. The number of nitrogens with one attached hydrogen (secondary N) is 1. The summed E-state index contributed by atoms with van der Waals surface area (Å²) in [6.45, 7) is 10.8. The van der Waals surface area contributed by atoms with Crippen LogP contribution < -0.4 is 10.2 Å². The summed E-state index contributed by atoms with van der Waals surface area (Å²) in [5, 5.41) is 3.05. The van der Waals surface area contributed by atoms with Crippen molar-refractivity contribution in [3.05, 3.63) is 29.8 Å². The molecule has 0 unspecified atom stereocenters. The maximum atomic E-state index is 13.1. The van der Waals surface area contributed by atoms with E-state index in [-0.39, 0.29) is 11.8 Å². The van der Waals surface area contributed by atoms with E-state index in [2.05, 4.69) is 55.3 Å². The molecule has 2 fully saturated rings. The predicted molar refractivity (Wildman–Crippen MR) is 130 cm³/mol. The fraction of sp³-hybridized carbons (Fsp3) is 0.708. The van der Waals surface area contributed by atoms with E-state index >= 15 is 0 Å². The molecule has 2 aliphatic heterocycles. The number of amides is 1. The molecule has 7 nitrogen and oxygen atoms in total. The molecular formula is C24H40N4O3S. The highest BCUT2D eigenvalue weighted by Crippen LogP contribution is 2.25. The number of benzene rings is 1. The van der Waals surface area contributed by atoms with Crippen LogP contribution in [0.25, 0.3) is 0 Å². The Bertz CT molecular complexity index is 853. The predicted octanol–water partition coefficient (Wildman–Crippen LogP) is 3.02. The molecule has 2 saturated heterocycles. The molecule has 0 radical (unpaired) electrons. The van der Waals surface area contributed by atoms with Crippen molar-refractivity contribution in [3.8, 4) is 0 Å². The largest absolute Gasteiger partial charge is 0.372 e. The molecule has 2 aliphatic rings. The van der Waals surface area contributed by atoms with Crippen molar-refractivity contribution in [1.29, 1.82) is 0 Å². The first-order valence-corrected chi connectivity index (χ1v) is 13.6. The second-order valence-corrected chi connectivity index (χ2v) is 11.3. The van der Waals surface area contributed by atoms with Gasteiger partial charge in [-0.25, -0.2) is 0 Å². The first-order chi connectivity index (χ1) is 15.3. The van der Waals surface area contributed by atoms with Crippen LogP contribution in [0.2, 0.25) is 0 Å². The molecule has 1 aromatic carbocycles. The lowest BCUT2D eigenvalue weighted by atomic mass is 9.99. The molecule has 180 valence electrons. The molecule has 1 amide bonds. The Hall–Kier alpha value is -1.64. The van der Waals surface area contributed by atoms with Crippen LogP contribution >= 0.6 is 0 Å². The van der Waals surface area contributed by atoms with E-state index in [9.17, 15) is 13.2 Å². The molecule has 0 aliphatic carbocycles. The van der Waals surface area contributed by atoms with Crippen molar-refractivity contribution < 1.29 is 13.2 Å². The van der Waals surface area contributed by atoms with Crippen LogP contribution in [0.15, 0.2) is 24.3 Å². The quantitative estimate of drug-likeness (QED) is 0.570. The SMILES string of the molecule is CCN(CCCNC(=O)[C@H]1CCCN(S(=O)(=O)N2CCC(C)CC2)C1)c1cccc(C)c1. The third-order valence-electron chi connectivity index (χ3n) is 6.80. The number of carbonyl (C=O) groups is 1. The summed E-state index contributed by atoms with van der Waals surface area (Å²) in [7, 11) is -3.47. The fourth-order valence-corrected chi connectivity index (χ4v) is 6.39. The van der Waals surface area contributed by atoms with Gasteiger partial charge in [0.2, 0.25) is 5.91 Å². The normalized spacial score (nSPS) is 21.4. The molecular weight excluding hydrogens is 424 g/mol. The summed E-state index contributed by atoms with van der Waals surface area (Å²) < 4.78 is 29.3. The maximum absolute atomic E-state index is 13.1. The first-order valence-electron chi connectivity index (χ1n) is 12.2. The van der Waals surface area contributed by atoms with Gasteiger partial charge >= 0.3 is 0 Å². The number of hydrogen-bond donors (Lipinski definition) is 1. The highest BCUT2D eigenvalue weighted by Gasteiger charge is 2.36. The van der Waals surface area contributed by atoms with Crippen molar-refractivity contribution >= 4 is 21.8 Å². The third-order valence-corrected chi connectivity index (χ3v) is 8.80. The van der Waals surface area contributed by atoms with Gasteiger partial charge in [0.05, 0.1) is 5.92 Å². The van der Waals surface area contributed by atoms with Gasteiger partial charge in [0.1, 0.15) is 0 Å². The van der Waals surface area contributed by atoms with E-state index in [1.807, 2.05) is 0 Å². The topological polar surface area (TPSA) is 73.0 Å². The Morgan fingerprint density at radius 1 is 1.16 bits per heavy atom. The summed E-state index contributed by atoms with van der Waals surface area (Å²) in [6, 6.07) is 8.47. The Labute approximate surface area is 194 Å². The van der Waals surface area contributed by atoms with Crippen LogP contribution in [-0.4, -0.2) is 68.7 Å². The third kappa shape index (κ3) is 6.45. The molecule has 0 bridgehead atoms. The zero-order valence-corrected chi connectivity index (χ0v) is 20.7. The summed E-state index contributed by atoms with van der Waals surface area (Å²) in [5.41, 5.74) is 2.45. The van der Waals surface area contributed by atoms with E-state index < -0.39 is 10.2 Å². The molecule has 0 aromatic heterocycles. The maximum Gasteiger partial charge on any atom is 0.281 e. The molecule has 1 atom stereocenters. The molecule has 32 heavy (non-hydrogen) atoms. The second kappa shape index (κ2) is 11.5. The highest BCUT2D eigenvalue weighted by molar-refractivity contribution is 7.86. The van der Waals surface area contributed by atoms with E-state index in [1.54, 1.807) is 4.31 Å². The second-order valence-electron chi connectivity index (χ2n) is 9.35. The van der Waals surface area contributed by atoms with E-state index in [0.717, 1.165) is 45.2 Å². The van der Waals surface area contributed by atoms with Crippen molar-refractivity contribution in [2.45, 2.75) is 52.9 Å². The lowest BCUT2D eigenvalue weighted by molar-refractivity contribution is -0.126. The molecule has 0 spiro atoms. The average molecular weight is 465 g/mol. The molecule has 0 saturated carbocycles. The van der Waals surface area contributed by atoms with Gasteiger partial charge in [0.15, 0.2) is 0 Å². The summed E-state index contributed by atoms with van der Waals surface area (Å²) in [4.78, 5) is 15.1. The summed E-state index contributed by atoms with van der Waals surface area (Å²) >= 11 is 0. The van der Waals surface area contributed by atoms with Crippen molar-refractivity contribution in [3.63, 3.8) is 0 Å². The van der Waals surface area contributed by atoms with Crippen LogP contribution in [0.3, 0.4) is 0 Å². The number of nitrogens with zero attached hydrogens (tertiary/aromatic N) is 3. The van der Waals surface area contributed by atoms with Crippen molar-refractivity contribution in [2.75, 3.05) is 50.7 Å². The first kappa shape index (κ1) is 25.0. The van der Waals surface area contributed by atoms with Gasteiger partial charge in [-0.1, -0.05) is 19.1 Å². The standard InChI is InChI=1S/C24H40N4O3S/c1-4-26(23-10-5-8-21(3)18-23)14-7-13-25-24(29)22-9-6-15-28(19-22)32(30,31)27-16-11-20(2)12-17-27/h5,8,10,18,20,22H,4,6-7,9,11-17,19H2,1-3H3,(H,25,29)/t22-/m0/s1. The zero-order valence-electron chi connectivity index (χ0n) is 19.9. The average Bonchev–Trinajstić information content (AvgIpc) is 2.79. The highest BCUT2D eigenvalue weighted by atomic mass is 32.2. The van der Waals surface area contributed by atoms with Crippen molar-refractivity contribution in [1.82, 2.24) is 13.9 Å². The number of aryl methyl sites for hydroxylation is 1. The summed E-state index contributed by atoms with van der Waals surface area (Å²) in [6.07, 6.45) is 4.16. The van der Waals surface area contributed by atoms with Gasteiger partial charge in [-0.2, -0.15) is 17.0 Å². The van der Waals surface area contributed by atoms with Gasteiger partial charge in [-0.05, 0) is 69.6 Å². The van der Waals surface area contributed by atoms with E-state index in [0.29, 0.717) is 38.6 Å². The molecule has 1 aromatic rings. The van der Waals surface area contributed by atoms with Gasteiger partial charge in [-0.3, -0.25) is 4.79 Å².